The maximum Gasteiger partial charge on any atom is 0.213 e. The van der Waals surface area contributed by atoms with E-state index in [9.17, 15) is 0 Å². The number of hydrogen-bond donors (Lipinski definition) is 0. The van der Waals surface area contributed by atoms with E-state index >= 15 is 0 Å². The van der Waals surface area contributed by atoms with E-state index in [0.717, 1.165) is 6.42 Å². The molecule has 0 saturated heterocycles. The van der Waals surface area contributed by atoms with Crippen molar-refractivity contribution in [3.05, 3.63) is 100 Å². The lowest BCUT2D eigenvalue weighted by Crippen LogP contribution is -2.32. The first-order valence-corrected chi connectivity index (χ1v) is 10.7. The van der Waals surface area contributed by atoms with Crippen LogP contribution in [0, 0.1) is 27.7 Å². The van der Waals surface area contributed by atoms with Crippen LogP contribution in [0.15, 0.2) is 66.9 Å². The molecule has 1 heteroatoms. The maximum absolute atomic E-state index is 2.40. The van der Waals surface area contributed by atoms with E-state index in [2.05, 4.69) is 106 Å². The highest BCUT2D eigenvalue weighted by Gasteiger charge is 2.28. The average Bonchev–Trinajstić information content (AvgIpc) is 3.09. The SMILES string of the molecule is Cc1ccccc1-c1cc(-c2c(C)ccc3c2Cc2cccc(C)c2-3)[n+](C)cc1C. The van der Waals surface area contributed by atoms with E-state index in [4.69, 9.17) is 0 Å². The molecule has 1 aliphatic carbocycles. The van der Waals surface area contributed by atoms with Crippen molar-refractivity contribution in [3.63, 3.8) is 0 Å². The number of aromatic nitrogens is 1. The van der Waals surface area contributed by atoms with E-state index in [-0.39, 0.29) is 0 Å². The molecule has 148 valence electrons. The molecule has 0 aliphatic heterocycles. The van der Waals surface area contributed by atoms with Gasteiger partial charge < -0.3 is 0 Å². The number of nitrogens with zero attached hydrogens (tertiary/aromatic N) is 1. The molecule has 1 aliphatic rings. The first kappa shape index (κ1) is 18.8. The van der Waals surface area contributed by atoms with Crippen molar-refractivity contribution < 1.29 is 4.57 Å². The van der Waals surface area contributed by atoms with Crippen LogP contribution in [0.3, 0.4) is 0 Å². The Morgan fingerprint density at radius 3 is 2.17 bits per heavy atom. The number of hydrogen-bond acceptors (Lipinski definition) is 0. The Bertz CT molecular complexity index is 1310. The maximum atomic E-state index is 2.40. The van der Waals surface area contributed by atoms with Gasteiger partial charge in [-0.3, -0.25) is 0 Å². The molecule has 0 spiro atoms. The number of aryl methyl sites for hydroxylation is 5. The molecule has 4 aromatic rings. The summed E-state index contributed by atoms with van der Waals surface area (Å²) in [5.41, 5.74) is 16.4. The summed E-state index contributed by atoms with van der Waals surface area (Å²) >= 11 is 0. The van der Waals surface area contributed by atoms with Gasteiger partial charge in [0.2, 0.25) is 5.69 Å². The standard InChI is InChI=1S/C29H28N/c1-18-9-6-7-12-23(18)25-16-27(30(5)17-21(25)4)29-20(3)13-14-24-26(29)15-22-11-8-10-19(2)28(22)24/h6-14,16-17H,15H2,1-5H3/q+1. The van der Waals surface area contributed by atoms with E-state index in [1.54, 1.807) is 0 Å². The fraction of sp³-hybridized carbons (Fsp3) is 0.207. The fourth-order valence-electron chi connectivity index (χ4n) is 5.19. The smallest absolute Gasteiger partial charge is 0.201 e. The summed E-state index contributed by atoms with van der Waals surface area (Å²) in [5.74, 6) is 0. The molecule has 0 N–H and O–H groups in total. The van der Waals surface area contributed by atoms with E-state index in [1.165, 1.54) is 66.9 Å². The molecule has 1 nitrogen and oxygen atoms in total. The zero-order valence-corrected chi connectivity index (χ0v) is 18.5. The van der Waals surface area contributed by atoms with E-state index in [0.29, 0.717) is 0 Å². The van der Waals surface area contributed by atoms with Crippen molar-refractivity contribution in [1.29, 1.82) is 0 Å². The van der Waals surface area contributed by atoms with Crippen LogP contribution in [0.1, 0.15) is 33.4 Å². The van der Waals surface area contributed by atoms with Crippen LogP contribution in [0.4, 0.5) is 0 Å². The van der Waals surface area contributed by atoms with Crippen molar-refractivity contribution in [2.45, 2.75) is 34.1 Å². The molecule has 5 rings (SSSR count). The highest BCUT2D eigenvalue weighted by atomic mass is 14.9. The summed E-state index contributed by atoms with van der Waals surface area (Å²) < 4.78 is 2.30. The minimum absolute atomic E-state index is 1.01. The molecule has 30 heavy (non-hydrogen) atoms. The molecule has 0 bridgehead atoms. The first-order valence-electron chi connectivity index (χ1n) is 10.7. The van der Waals surface area contributed by atoms with Crippen LogP contribution < -0.4 is 4.57 Å². The largest absolute Gasteiger partial charge is 0.213 e. The first-order chi connectivity index (χ1) is 14.5. The number of benzene rings is 3. The Hall–Kier alpha value is -3.19. The summed E-state index contributed by atoms with van der Waals surface area (Å²) in [7, 11) is 2.18. The molecule has 0 amide bonds. The average molecular weight is 391 g/mol. The molecule has 3 aromatic carbocycles. The van der Waals surface area contributed by atoms with Gasteiger partial charge in [0.05, 0.1) is 5.56 Å². The Kier molecular flexibility index (Phi) is 4.36. The highest BCUT2D eigenvalue weighted by Crippen LogP contribution is 2.44. The zero-order valence-electron chi connectivity index (χ0n) is 18.5. The molecule has 1 heterocycles. The van der Waals surface area contributed by atoms with Crippen LogP contribution in [-0.4, -0.2) is 0 Å². The number of fused-ring (bicyclic) bond motifs is 3. The topological polar surface area (TPSA) is 3.88 Å². The van der Waals surface area contributed by atoms with Gasteiger partial charge in [-0.05, 0) is 84.2 Å². The van der Waals surface area contributed by atoms with Gasteiger partial charge in [-0.25, -0.2) is 4.57 Å². The van der Waals surface area contributed by atoms with Gasteiger partial charge in [-0.15, -0.1) is 0 Å². The second-order valence-electron chi connectivity index (χ2n) is 8.75. The summed E-state index contributed by atoms with van der Waals surface area (Å²) in [5, 5.41) is 0. The summed E-state index contributed by atoms with van der Waals surface area (Å²) in [6.07, 6.45) is 3.29. The zero-order chi connectivity index (χ0) is 21.0. The van der Waals surface area contributed by atoms with Gasteiger partial charge in [0.15, 0.2) is 6.20 Å². The lowest BCUT2D eigenvalue weighted by molar-refractivity contribution is -0.660. The van der Waals surface area contributed by atoms with Gasteiger partial charge in [0.1, 0.15) is 7.05 Å². The molecular formula is C29H28N+. The lowest BCUT2D eigenvalue weighted by atomic mass is 9.90. The normalized spacial score (nSPS) is 12.0. The Labute approximate surface area is 179 Å². The Balaban J connectivity index is 1.77. The van der Waals surface area contributed by atoms with Crippen LogP contribution in [0.5, 0.6) is 0 Å². The molecule has 0 fully saturated rings. The van der Waals surface area contributed by atoms with Crippen molar-refractivity contribution in [2.24, 2.45) is 7.05 Å². The third-order valence-electron chi connectivity index (χ3n) is 6.68. The summed E-state index contributed by atoms with van der Waals surface area (Å²) in [4.78, 5) is 0. The van der Waals surface area contributed by atoms with Crippen molar-refractivity contribution >= 4 is 0 Å². The van der Waals surface area contributed by atoms with Crippen molar-refractivity contribution in [2.75, 3.05) is 0 Å². The molecule has 0 atom stereocenters. The molecule has 0 saturated carbocycles. The van der Waals surface area contributed by atoms with Gasteiger partial charge in [-0.2, -0.15) is 0 Å². The Morgan fingerprint density at radius 2 is 1.37 bits per heavy atom. The van der Waals surface area contributed by atoms with Gasteiger partial charge >= 0.3 is 0 Å². The summed E-state index contributed by atoms with van der Waals surface area (Å²) in [6.45, 7) is 8.90. The second-order valence-corrected chi connectivity index (χ2v) is 8.75. The molecule has 0 unspecified atom stereocenters. The van der Waals surface area contributed by atoms with E-state index in [1.807, 2.05) is 0 Å². The molecule has 0 radical (unpaired) electrons. The van der Waals surface area contributed by atoms with Crippen LogP contribution >= 0.6 is 0 Å². The van der Waals surface area contributed by atoms with Gasteiger partial charge in [-0.1, -0.05) is 54.6 Å². The fourth-order valence-corrected chi connectivity index (χ4v) is 5.19. The van der Waals surface area contributed by atoms with Gasteiger partial charge in [0, 0.05) is 11.6 Å². The van der Waals surface area contributed by atoms with Crippen molar-refractivity contribution in [3.8, 4) is 33.5 Å². The highest BCUT2D eigenvalue weighted by molar-refractivity contribution is 5.87. The minimum Gasteiger partial charge on any atom is -0.201 e. The Morgan fingerprint density at radius 1 is 0.633 bits per heavy atom. The van der Waals surface area contributed by atoms with Crippen LogP contribution in [0.25, 0.3) is 33.5 Å². The van der Waals surface area contributed by atoms with Crippen molar-refractivity contribution in [1.82, 2.24) is 0 Å². The number of pyridine rings is 1. The van der Waals surface area contributed by atoms with Gasteiger partial charge in [0.25, 0.3) is 0 Å². The second kappa shape index (κ2) is 6.95. The lowest BCUT2D eigenvalue weighted by Gasteiger charge is -2.14. The van der Waals surface area contributed by atoms with Crippen LogP contribution in [-0.2, 0) is 13.5 Å². The molecule has 1 aromatic heterocycles. The number of rotatable bonds is 2. The molecular weight excluding hydrogens is 362 g/mol. The van der Waals surface area contributed by atoms with E-state index < -0.39 is 0 Å². The van der Waals surface area contributed by atoms with Crippen LogP contribution in [0.2, 0.25) is 0 Å². The third-order valence-corrected chi connectivity index (χ3v) is 6.68. The summed E-state index contributed by atoms with van der Waals surface area (Å²) in [6, 6.07) is 22.4. The minimum atomic E-state index is 1.01. The third kappa shape index (κ3) is 2.81. The predicted octanol–water partition coefficient (Wildman–Crippen LogP) is 6.65. The quantitative estimate of drug-likeness (QED) is 0.297. The predicted molar refractivity (Wildman–Crippen MR) is 126 cm³/mol. The monoisotopic (exact) mass is 390 g/mol.